The second-order valence-corrected chi connectivity index (χ2v) is 10.3. The predicted molar refractivity (Wildman–Crippen MR) is 134 cm³/mol. The number of anilines is 1. The number of hydrogen-bond acceptors (Lipinski definition) is 5. The lowest BCUT2D eigenvalue weighted by atomic mass is 9.92. The zero-order valence-electron chi connectivity index (χ0n) is 19.4. The van der Waals surface area contributed by atoms with E-state index in [9.17, 15) is 9.59 Å². The molecule has 8 rings (SSSR count). The van der Waals surface area contributed by atoms with Crippen LogP contribution in [0.25, 0.3) is 22.0 Å². The highest BCUT2D eigenvalue weighted by molar-refractivity contribution is 6.29. The number of ether oxygens (including phenoxy) is 1. The second kappa shape index (κ2) is 7.06. The van der Waals surface area contributed by atoms with E-state index in [-0.39, 0.29) is 17.9 Å². The van der Waals surface area contributed by atoms with Crippen LogP contribution in [-0.2, 0) is 17.7 Å². The van der Waals surface area contributed by atoms with Gasteiger partial charge in [-0.05, 0) is 41.5 Å². The minimum absolute atomic E-state index is 0.00543. The lowest BCUT2D eigenvalue weighted by molar-refractivity contribution is 0.0426. The highest BCUT2D eigenvalue weighted by Gasteiger charge is 2.39. The van der Waals surface area contributed by atoms with Gasteiger partial charge in [-0.2, -0.15) is 0 Å². The van der Waals surface area contributed by atoms with Gasteiger partial charge in [-0.25, -0.2) is 0 Å². The Morgan fingerprint density at radius 1 is 1.03 bits per heavy atom. The molecule has 0 spiro atoms. The Morgan fingerprint density at radius 3 is 2.77 bits per heavy atom. The number of aromatic nitrogens is 1. The summed E-state index contributed by atoms with van der Waals surface area (Å²) in [7, 11) is 0. The van der Waals surface area contributed by atoms with E-state index in [1.165, 1.54) is 22.1 Å². The molecule has 1 aromatic heterocycles. The largest absolute Gasteiger partial charge is 0.379 e. The zero-order valence-corrected chi connectivity index (χ0v) is 19.4. The van der Waals surface area contributed by atoms with Crippen LogP contribution in [0.5, 0.6) is 0 Å². The maximum absolute atomic E-state index is 13.2. The summed E-state index contributed by atoms with van der Waals surface area (Å²) in [5.74, 6) is -0.540. The van der Waals surface area contributed by atoms with E-state index in [0.29, 0.717) is 11.1 Å². The van der Waals surface area contributed by atoms with Gasteiger partial charge in [0.25, 0.3) is 11.8 Å². The first-order valence-electron chi connectivity index (χ1n) is 12.6. The van der Waals surface area contributed by atoms with Gasteiger partial charge in [-0.15, -0.1) is 0 Å². The van der Waals surface area contributed by atoms with Crippen molar-refractivity contribution in [2.24, 2.45) is 0 Å². The Hall–Kier alpha value is -3.42. The minimum atomic E-state index is -0.276. The van der Waals surface area contributed by atoms with Crippen LogP contribution in [0.2, 0.25) is 0 Å². The van der Waals surface area contributed by atoms with Gasteiger partial charge < -0.3 is 14.6 Å². The van der Waals surface area contributed by atoms with Crippen molar-refractivity contribution in [3.05, 3.63) is 63.2 Å². The average Bonchev–Trinajstić information content (AvgIpc) is 3.50. The van der Waals surface area contributed by atoms with Crippen molar-refractivity contribution < 1.29 is 14.3 Å². The Labute approximate surface area is 202 Å². The third-order valence-corrected chi connectivity index (χ3v) is 8.35. The van der Waals surface area contributed by atoms with E-state index < -0.39 is 0 Å². The van der Waals surface area contributed by atoms with Crippen molar-refractivity contribution in [3.8, 4) is 0 Å². The van der Waals surface area contributed by atoms with Gasteiger partial charge in [0.15, 0.2) is 0 Å². The van der Waals surface area contributed by atoms with E-state index in [4.69, 9.17) is 4.74 Å². The van der Waals surface area contributed by atoms with E-state index in [1.807, 2.05) is 0 Å². The molecule has 0 saturated carbocycles. The number of fused-ring (bicyclic) bond motifs is 9. The van der Waals surface area contributed by atoms with Crippen molar-refractivity contribution in [3.63, 3.8) is 0 Å². The number of allylic oxidation sites excluding steroid dienone is 2. The first-order chi connectivity index (χ1) is 17.2. The first-order valence-corrected chi connectivity index (χ1v) is 12.6. The van der Waals surface area contributed by atoms with Crippen molar-refractivity contribution >= 4 is 39.6 Å². The first kappa shape index (κ1) is 19.8. The lowest BCUT2D eigenvalue weighted by Crippen LogP contribution is -2.37. The van der Waals surface area contributed by atoms with Crippen LogP contribution in [0, 0.1) is 0 Å². The number of carbonyl (C=O) groups excluding carboxylic acids is 2. The summed E-state index contributed by atoms with van der Waals surface area (Å²) in [6.45, 7) is 5.28. The van der Waals surface area contributed by atoms with Crippen molar-refractivity contribution in [1.82, 2.24) is 14.8 Å². The van der Waals surface area contributed by atoms with Crippen LogP contribution in [0.4, 0.5) is 5.69 Å². The molecule has 1 fully saturated rings. The fourth-order valence-corrected chi connectivity index (χ4v) is 6.92. The summed E-state index contributed by atoms with van der Waals surface area (Å²) in [4.78, 5) is 28.7. The van der Waals surface area contributed by atoms with Gasteiger partial charge in [0, 0.05) is 42.1 Å². The van der Waals surface area contributed by atoms with Crippen molar-refractivity contribution in [2.45, 2.75) is 31.8 Å². The summed E-state index contributed by atoms with van der Waals surface area (Å²) >= 11 is 0. The number of aryl methyl sites for hydroxylation is 1. The van der Waals surface area contributed by atoms with Gasteiger partial charge in [0.2, 0.25) is 0 Å². The third-order valence-electron chi connectivity index (χ3n) is 8.35. The number of carbonyl (C=O) groups is 2. The number of rotatable bonds is 2. The van der Waals surface area contributed by atoms with E-state index >= 15 is 0 Å². The molecule has 2 aliphatic carbocycles. The molecule has 5 heterocycles. The molecule has 2 N–H and O–H groups in total. The molecule has 0 radical (unpaired) electrons. The lowest BCUT2D eigenvalue weighted by Gasteiger charge is -2.28. The van der Waals surface area contributed by atoms with Crippen LogP contribution < -0.4 is 21.2 Å². The number of imide groups is 1. The number of amides is 2. The molecule has 2 amide bonds. The standard InChI is InChI=1S/C28H26N4O3/c33-27-22-20-17-7-6-15(14-31-9-11-35-12-10-31)13-19(17)29-24(20)26-21(23(22)28(34)30-27)18-5-1-3-16-4-2-8-32(26)25(16)18/h1,3,6-7,13,19,29H,2,4-5,8-12,14H2,(H,30,33,34). The number of nitrogens with one attached hydrogen (secondary N) is 2. The molecular formula is C28H26N4O3. The second-order valence-electron chi connectivity index (χ2n) is 10.3. The Balaban J connectivity index is 1.38. The summed E-state index contributed by atoms with van der Waals surface area (Å²) < 4.78 is 7.91. The van der Waals surface area contributed by atoms with Crippen LogP contribution in [-0.4, -0.2) is 60.2 Å². The van der Waals surface area contributed by atoms with E-state index in [1.54, 1.807) is 0 Å². The van der Waals surface area contributed by atoms with Crippen LogP contribution >= 0.6 is 0 Å². The maximum Gasteiger partial charge on any atom is 0.259 e. The SMILES string of the molecule is O=C1NC(=O)c2c1c1c(c3c2c2c4n3CCCC=4C=CC2)NC2C=C(CN3CCOCC3)C=CC=12. The Kier molecular flexibility index (Phi) is 4.00. The number of benzene rings is 1. The monoisotopic (exact) mass is 466 g/mol. The molecule has 1 saturated heterocycles. The maximum atomic E-state index is 13.2. The molecular weight excluding hydrogens is 440 g/mol. The van der Waals surface area contributed by atoms with Crippen molar-refractivity contribution in [2.75, 3.05) is 38.2 Å². The average molecular weight is 467 g/mol. The van der Waals surface area contributed by atoms with Gasteiger partial charge in [-0.1, -0.05) is 30.4 Å². The molecule has 1 unspecified atom stereocenters. The van der Waals surface area contributed by atoms with Gasteiger partial charge in [-0.3, -0.25) is 19.8 Å². The molecule has 4 aliphatic heterocycles. The van der Waals surface area contributed by atoms with Gasteiger partial charge in [0.05, 0.1) is 41.6 Å². The number of morpholine rings is 1. The Morgan fingerprint density at radius 2 is 1.89 bits per heavy atom. The summed E-state index contributed by atoms with van der Waals surface area (Å²) in [6.07, 6.45) is 14.0. The topological polar surface area (TPSA) is 75.6 Å². The molecule has 1 atom stereocenters. The van der Waals surface area contributed by atoms with Gasteiger partial charge >= 0.3 is 0 Å². The fourth-order valence-electron chi connectivity index (χ4n) is 6.92. The Bertz CT molecular complexity index is 1600. The molecule has 2 aromatic rings. The number of nitrogens with zero attached hydrogens (tertiary/aromatic N) is 2. The summed E-state index contributed by atoms with van der Waals surface area (Å²) in [5.41, 5.74) is 8.11. The van der Waals surface area contributed by atoms with Crippen molar-refractivity contribution in [1.29, 1.82) is 0 Å². The smallest absolute Gasteiger partial charge is 0.259 e. The molecule has 176 valence electrons. The third kappa shape index (κ3) is 2.62. The van der Waals surface area contributed by atoms with E-state index in [2.05, 4.69) is 50.5 Å². The molecule has 1 aromatic carbocycles. The van der Waals surface area contributed by atoms with E-state index in [0.717, 1.165) is 86.0 Å². The highest BCUT2D eigenvalue weighted by Crippen LogP contribution is 2.39. The molecule has 0 bridgehead atoms. The summed E-state index contributed by atoms with van der Waals surface area (Å²) in [5, 5.41) is 9.53. The normalized spacial score (nSPS) is 24.2. The quantitative estimate of drug-likeness (QED) is 0.654. The van der Waals surface area contributed by atoms with Gasteiger partial charge in [0.1, 0.15) is 0 Å². The summed E-state index contributed by atoms with van der Waals surface area (Å²) in [6, 6.07) is -0.00543. The molecule has 6 aliphatic rings. The number of hydrogen-bond donors (Lipinski definition) is 2. The minimum Gasteiger partial charge on any atom is -0.379 e. The molecule has 7 heteroatoms. The fraction of sp³-hybridized carbons (Fsp3) is 0.357. The van der Waals surface area contributed by atoms with Crippen LogP contribution in [0.1, 0.15) is 39.1 Å². The highest BCUT2D eigenvalue weighted by atomic mass is 16.5. The van der Waals surface area contributed by atoms with Crippen LogP contribution in [0.3, 0.4) is 0 Å². The molecule has 7 nitrogen and oxygen atoms in total. The predicted octanol–water partition coefficient (Wildman–Crippen LogP) is 1.35. The zero-order chi connectivity index (χ0) is 23.3. The van der Waals surface area contributed by atoms with Crippen LogP contribution in [0.15, 0.2) is 36.0 Å². The molecule has 35 heavy (non-hydrogen) atoms.